The summed E-state index contributed by atoms with van der Waals surface area (Å²) in [5.41, 5.74) is 3.11. The first-order valence-electron chi connectivity index (χ1n) is 8.68. The number of aromatic amines is 1. The Kier molecular flexibility index (Phi) is 4.68. The zero-order valence-electron chi connectivity index (χ0n) is 14.8. The molecule has 0 saturated carbocycles. The van der Waals surface area contributed by atoms with E-state index < -0.39 is 0 Å². The molecular weight excluding hydrogens is 361 g/mol. The quantitative estimate of drug-likeness (QED) is 0.409. The normalized spacial score (nSPS) is 11.6. The lowest BCUT2D eigenvalue weighted by Crippen LogP contribution is -1.98. The molecule has 7 heteroatoms. The third-order valence-corrected chi connectivity index (χ3v) is 4.70. The van der Waals surface area contributed by atoms with Gasteiger partial charge in [0.15, 0.2) is 5.82 Å². The molecule has 136 valence electrons. The predicted octanol–water partition coefficient (Wildman–Crippen LogP) is 4.53. The van der Waals surface area contributed by atoms with Crippen molar-refractivity contribution in [1.82, 2.24) is 19.4 Å². The molecule has 4 rings (SSSR count). The Hall–Kier alpha value is -3.06. The summed E-state index contributed by atoms with van der Waals surface area (Å²) >= 11 is 5.25. The van der Waals surface area contributed by atoms with Crippen LogP contribution in [0.1, 0.15) is 23.9 Å². The van der Waals surface area contributed by atoms with E-state index >= 15 is 0 Å². The molecule has 27 heavy (non-hydrogen) atoms. The van der Waals surface area contributed by atoms with Crippen LogP contribution in [0.3, 0.4) is 0 Å². The molecule has 0 unspecified atom stereocenters. The number of benzene rings is 2. The van der Waals surface area contributed by atoms with Crippen LogP contribution in [-0.2, 0) is 13.0 Å². The van der Waals surface area contributed by atoms with Gasteiger partial charge in [0.05, 0.1) is 6.21 Å². The summed E-state index contributed by atoms with van der Waals surface area (Å²) in [5.74, 6) is 0.554. The minimum Gasteiger partial charge on any atom is -0.342 e. The minimum atomic E-state index is -0.229. The van der Waals surface area contributed by atoms with Gasteiger partial charge in [-0.1, -0.05) is 37.3 Å². The van der Waals surface area contributed by atoms with E-state index in [9.17, 15) is 4.39 Å². The highest BCUT2D eigenvalue weighted by molar-refractivity contribution is 7.71. The van der Waals surface area contributed by atoms with Crippen molar-refractivity contribution in [3.63, 3.8) is 0 Å². The second-order valence-electron chi connectivity index (χ2n) is 6.21. The van der Waals surface area contributed by atoms with Crippen molar-refractivity contribution in [3.8, 4) is 0 Å². The van der Waals surface area contributed by atoms with Crippen LogP contribution < -0.4 is 0 Å². The summed E-state index contributed by atoms with van der Waals surface area (Å²) in [6, 6.07) is 14.7. The molecular formula is C20H18FN5S. The van der Waals surface area contributed by atoms with Gasteiger partial charge < -0.3 is 4.57 Å². The highest BCUT2D eigenvalue weighted by atomic mass is 32.1. The van der Waals surface area contributed by atoms with Gasteiger partial charge in [-0.25, -0.2) is 4.39 Å². The molecule has 5 nitrogen and oxygen atoms in total. The average molecular weight is 379 g/mol. The first kappa shape index (κ1) is 17.4. The number of aromatic nitrogens is 4. The number of hydrogen-bond acceptors (Lipinski definition) is 3. The molecule has 1 N–H and O–H groups in total. The lowest BCUT2D eigenvalue weighted by atomic mass is 10.2. The zero-order chi connectivity index (χ0) is 18.8. The van der Waals surface area contributed by atoms with E-state index in [1.54, 1.807) is 23.0 Å². The standard InChI is InChI=1S/C20H18FN5S/c1-2-19-23-24-20(27)26(19)22-11-15-13-25(18-6-4-3-5-17(15)18)12-14-7-9-16(21)10-8-14/h3-11,13H,2,12H2,1H3,(H,24,27)/b22-11-. The van der Waals surface area contributed by atoms with Crippen LogP contribution in [0.25, 0.3) is 10.9 Å². The second-order valence-corrected chi connectivity index (χ2v) is 6.60. The summed E-state index contributed by atoms with van der Waals surface area (Å²) in [6.07, 6.45) is 4.58. The highest BCUT2D eigenvalue weighted by Crippen LogP contribution is 2.21. The Balaban J connectivity index is 1.73. The number of rotatable bonds is 5. The highest BCUT2D eigenvalue weighted by Gasteiger charge is 2.08. The van der Waals surface area contributed by atoms with Crippen LogP contribution in [0, 0.1) is 10.6 Å². The van der Waals surface area contributed by atoms with E-state index in [-0.39, 0.29) is 5.82 Å². The molecule has 2 aromatic heterocycles. The van der Waals surface area contributed by atoms with Gasteiger partial charge in [0, 0.05) is 35.6 Å². The monoisotopic (exact) mass is 379 g/mol. The number of hydrogen-bond donors (Lipinski definition) is 1. The van der Waals surface area contributed by atoms with Gasteiger partial charge in [0.2, 0.25) is 4.77 Å². The van der Waals surface area contributed by atoms with Crippen molar-refractivity contribution in [2.75, 3.05) is 0 Å². The molecule has 0 atom stereocenters. The lowest BCUT2D eigenvalue weighted by Gasteiger charge is -2.05. The first-order chi connectivity index (χ1) is 13.2. The van der Waals surface area contributed by atoms with Crippen LogP contribution in [-0.4, -0.2) is 25.7 Å². The number of nitrogens with one attached hydrogen (secondary N) is 1. The summed E-state index contributed by atoms with van der Waals surface area (Å²) < 4.78 is 17.4. The number of fused-ring (bicyclic) bond motifs is 1. The van der Waals surface area contributed by atoms with Crippen LogP contribution in [0.15, 0.2) is 59.8 Å². The second kappa shape index (κ2) is 7.28. The molecule has 0 fully saturated rings. The van der Waals surface area contributed by atoms with Gasteiger partial charge in [-0.15, -0.1) is 0 Å². The van der Waals surface area contributed by atoms with Crippen molar-refractivity contribution < 1.29 is 4.39 Å². The van der Waals surface area contributed by atoms with Crippen LogP contribution in [0.2, 0.25) is 0 Å². The molecule has 2 heterocycles. The fourth-order valence-corrected chi connectivity index (χ4v) is 3.29. The molecule has 0 radical (unpaired) electrons. The molecule has 0 bridgehead atoms. The summed E-state index contributed by atoms with van der Waals surface area (Å²) in [5, 5.41) is 12.6. The van der Waals surface area contributed by atoms with Gasteiger partial charge in [-0.05, 0) is 36.0 Å². The molecule has 2 aromatic carbocycles. The van der Waals surface area contributed by atoms with Crippen molar-refractivity contribution in [1.29, 1.82) is 0 Å². The van der Waals surface area contributed by atoms with Crippen molar-refractivity contribution in [2.24, 2.45) is 5.10 Å². The summed E-state index contributed by atoms with van der Waals surface area (Å²) in [4.78, 5) is 0. The third kappa shape index (κ3) is 3.46. The average Bonchev–Trinajstić information content (AvgIpc) is 3.22. The number of aryl methyl sites for hydroxylation is 1. The fraction of sp³-hybridized carbons (Fsp3) is 0.150. The van der Waals surface area contributed by atoms with Gasteiger partial charge >= 0.3 is 0 Å². The fourth-order valence-electron chi connectivity index (χ4n) is 3.09. The molecule has 4 aromatic rings. The number of para-hydroxylation sites is 1. The van der Waals surface area contributed by atoms with Gasteiger partial charge in [0.1, 0.15) is 5.82 Å². The van der Waals surface area contributed by atoms with Crippen LogP contribution in [0.5, 0.6) is 0 Å². The summed E-state index contributed by atoms with van der Waals surface area (Å²) in [7, 11) is 0. The van der Waals surface area contributed by atoms with E-state index in [1.165, 1.54) is 12.1 Å². The number of H-pyrrole nitrogens is 1. The third-order valence-electron chi connectivity index (χ3n) is 4.43. The van der Waals surface area contributed by atoms with Gasteiger partial charge in [-0.3, -0.25) is 5.10 Å². The lowest BCUT2D eigenvalue weighted by molar-refractivity contribution is 0.626. The Bertz CT molecular complexity index is 1170. The smallest absolute Gasteiger partial charge is 0.216 e. The summed E-state index contributed by atoms with van der Waals surface area (Å²) in [6.45, 7) is 2.66. The van der Waals surface area contributed by atoms with Crippen LogP contribution in [0.4, 0.5) is 4.39 Å². The topological polar surface area (TPSA) is 50.9 Å². The number of halogens is 1. The van der Waals surface area contributed by atoms with Crippen molar-refractivity contribution in [3.05, 3.63) is 82.3 Å². The Labute approximate surface area is 160 Å². The van der Waals surface area contributed by atoms with E-state index in [2.05, 4.69) is 32.0 Å². The van der Waals surface area contributed by atoms with Crippen LogP contribution >= 0.6 is 12.2 Å². The first-order valence-corrected chi connectivity index (χ1v) is 9.09. The maximum atomic E-state index is 13.2. The number of nitrogens with zero attached hydrogens (tertiary/aromatic N) is 4. The molecule has 0 aliphatic rings. The molecule has 0 aliphatic heterocycles. The van der Waals surface area contributed by atoms with Crippen molar-refractivity contribution >= 4 is 29.3 Å². The van der Waals surface area contributed by atoms with E-state index in [0.29, 0.717) is 11.3 Å². The van der Waals surface area contributed by atoms with Gasteiger partial charge in [-0.2, -0.15) is 14.9 Å². The zero-order valence-corrected chi connectivity index (χ0v) is 15.6. The van der Waals surface area contributed by atoms with E-state index in [0.717, 1.165) is 34.3 Å². The predicted molar refractivity (Wildman–Crippen MR) is 107 cm³/mol. The molecule has 0 amide bonds. The Morgan fingerprint density at radius 3 is 2.74 bits per heavy atom. The maximum absolute atomic E-state index is 13.2. The van der Waals surface area contributed by atoms with Gasteiger partial charge in [0.25, 0.3) is 0 Å². The Morgan fingerprint density at radius 1 is 1.19 bits per heavy atom. The SMILES string of the molecule is CCc1n[nH]c(=S)n1/N=C\c1cn(Cc2ccc(F)cc2)c2ccccc12. The minimum absolute atomic E-state index is 0.229. The van der Waals surface area contributed by atoms with E-state index in [4.69, 9.17) is 12.2 Å². The maximum Gasteiger partial charge on any atom is 0.216 e. The van der Waals surface area contributed by atoms with E-state index in [1.807, 2.05) is 25.3 Å². The molecule has 0 spiro atoms. The Morgan fingerprint density at radius 2 is 1.96 bits per heavy atom. The largest absolute Gasteiger partial charge is 0.342 e. The van der Waals surface area contributed by atoms with Crippen molar-refractivity contribution in [2.45, 2.75) is 19.9 Å². The molecule has 0 aliphatic carbocycles. The molecule has 0 saturated heterocycles.